The van der Waals surface area contributed by atoms with Crippen LogP contribution in [0, 0.1) is 5.92 Å². The SMILES string of the molecule is CCNC(=NCc1ccc(Cl)cc1Cl)NCC(O)COCC(C)C.I. The molecule has 0 radical (unpaired) electrons. The minimum absolute atomic E-state index is 0. The van der Waals surface area contributed by atoms with Crippen molar-refractivity contribution in [1.29, 1.82) is 0 Å². The van der Waals surface area contributed by atoms with Gasteiger partial charge in [0.1, 0.15) is 0 Å². The van der Waals surface area contributed by atoms with Crippen LogP contribution in [0.4, 0.5) is 0 Å². The predicted octanol–water partition coefficient (Wildman–Crippen LogP) is 3.70. The van der Waals surface area contributed by atoms with Crippen LogP contribution in [0.2, 0.25) is 10.0 Å². The molecule has 0 fully saturated rings. The third-order valence-corrected chi connectivity index (χ3v) is 3.62. The standard InChI is InChI=1S/C17H27Cl2N3O2.HI/c1-4-20-17(22-9-15(23)11-24-10-12(2)3)21-8-13-5-6-14(18)7-16(13)19;/h5-7,12,15,23H,4,8-11H2,1-3H3,(H2,20,21,22);1H. The van der Waals surface area contributed by atoms with Gasteiger partial charge in [-0.25, -0.2) is 4.99 Å². The Morgan fingerprint density at radius 3 is 2.56 bits per heavy atom. The third-order valence-electron chi connectivity index (χ3n) is 3.03. The van der Waals surface area contributed by atoms with Crippen molar-refractivity contribution in [3.63, 3.8) is 0 Å². The second-order valence-electron chi connectivity index (χ2n) is 5.90. The number of rotatable bonds is 9. The summed E-state index contributed by atoms with van der Waals surface area (Å²) < 4.78 is 5.43. The summed E-state index contributed by atoms with van der Waals surface area (Å²) in [5.74, 6) is 1.07. The fraction of sp³-hybridized carbons (Fsp3) is 0.588. The van der Waals surface area contributed by atoms with Crippen molar-refractivity contribution in [2.75, 3.05) is 26.3 Å². The number of nitrogens with one attached hydrogen (secondary N) is 2. The van der Waals surface area contributed by atoms with Gasteiger partial charge in [-0.15, -0.1) is 24.0 Å². The Morgan fingerprint density at radius 1 is 1.24 bits per heavy atom. The molecule has 1 atom stereocenters. The number of nitrogens with zero attached hydrogens (tertiary/aromatic N) is 1. The highest BCUT2D eigenvalue weighted by Crippen LogP contribution is 2.21. The largest absolute Gasteiger partial charge is 0.389 e. The summed E-state index contributed by atoms with van der Waals surface area (Å²) in [6.45, 7) is 8.57. The molecule has 25 heavy (non-hydrogen) atoms. The van der Waals surface area contributed by atoms with Crippen molar-refractivity contribution in [3.8, 4) is 0 Å². The van der Waals surface area contributed by atoms with Crippen molar-refractivity contribution in [2.24, 2.45) is 10.9 Å². The van der Waals surface area contributed by atoms with E-state index in [1.807, 2.05) is 13.0 Å². The van der Waals surface area contributed by atoms with E-state index in [2.05, 4.69) is 29.5 Å². The zero-order valence-corrected chi connectivity index (χ0v) is 18.7. The van der Waals surface area contributed by atoms with Crippen molar-refractivity contribution in [3.05, 3.63) is 33.8 Å². The lowest BCUT2D eigenvalue weighted by atomic mass is 10.2. The minimum atomic E-state index is -0.591. The average molecular weight is 504 g/mol. The number of guanidine groups is 1. The second-order valence-corrected chi connectivity index (χ2v) is 6.74. The molecule has 8 heteroatoms. The van der Waals surface area contributed by atoms with Crippen molar-refractivity contribution in [2.45, 2.75) is 33.4 Å². The summed E-state index contributed by atoms with van der Waals surface area (Å²) in [6.07, 6.45) is -0.591. The average Bonchev–Trinajstić information content (AvgIpc) is 2.51. The van der Waals surface area contributed by atoms with Crippen LogP contribution in [0.15, 0.2) is 23.2 Å². The highest BCUT2D eigenvalue weighted by Gasteiger charge is 2.07. The summed E-state index contributed by atoms with van der Waals surface area (Å²) in [7, 11) is 0. The zero-order chi connectivity index (χ0) is 17.9. The molecule has 0 aromatic heterocycles. The molecule has 1 rings (SSSR count). The Hall–Kier alpha value is -0.280. The first-order chi connectivity index (χ1) is 11.4. The smallest absolute Gasteiger partial charge is 0.191 e. The maximum Gasteiger partial charge on any atom is 0.191 e. The first kappa shape index (κ1) is 24.7. The van der Waals surface area contributed by atoms with Crippen LogP contribution in [0.3, 0.4) is 0 Å². The lowest BCUT2D eigenvalue weighted by Crippen LogP contribution is -2.42. The third kappa shape index (κ3) is 11.1. The summed E-state index contributed by atoms with van der Waals surface area (Å²) >= 11 is 12.0. The van der Waals surface area contributed by atoms with E-state index < -0.39 is 6.10 Å². The number of halogens is 3. The van der Waals surface area contributed by atoms with Gasteiger partial charge in [0.2, 0.25) is 0 Å². The van der Waals surface area contributed by atoms with Gasteiger partial charge in [-0.05, 0) is 30.5 Å². The number of aliphatic hydroxyl groups is 1. The summed E-state index contributed by atoms with van der Waals surface area (Å²) in [5.41, 5.74) is 0.888. The van der Waals surface area contributed by atoms with E-state index in [1.165, 1.54) is 0 Å². The topological polar surface area (TPSA) is 65.9 Å². The Morgan fingerprint density at radius 2 is 1.96 bits per heavy atom. The molecule has 5 nitrogen and oxygen atoms in total. The molecule has 0 aliphatic heterocycles. The van der Waals surface area contributed by atoms with Crippen LogP contribution < -0.4 is 10.6 Å². The van der Waals surface area contributed by atoms with Gasteiger partial charge in [-0.3, -0.25) is 0 Å². The van der Waals surface area contributed by atoms with Gasteiger partial charge in [-0.1, -0.05) is 43.1 Å². The second kappa shape index (κ2) is 13.9. The fourth-order valence-electron chi connectivity index (χ4n) is 1.87. The van der Waals surface area contributed by atoms with Gasteiger partial charge in [-0.2, -0.15) is 0 Å². The molecule has 0 heterocycles. The molecule has 0 amide bonds. The maximum absolute atomic E-state index is 9.93. The molecule has 144 valence electrons. The van der Waals surface area contributed by atoms with Crippen molar-refractivity contribution < 1.29 is 9.84 Å². The molecule has 0 aliphatic carbocycles. The molecule has 0 aliphatic rings. The van der Waals surface area contributed by atoms with E-state index in [0.717, 1.165) is 12.1 Å². The Bertz CT molecular complexity index is 531. The molecule has 0 saturated carbocycles. The van der Waals surface area contributed by atoms with Gasteiger partial charge in [0.15, 0.2) is 5.96 Å². The highest BCUT2D eigenvalue weighted by molar-refractivity contribution is 14.0. The fourth-order valence-corrected chi connectivity index (χ4v) is 2.34. The molecular formula is C17H28Cl2IN3O2. The molecule has 0 saturated heterocycles. The number of aliphatic hydroxyl groups excluding tert-OH is 1. The first-order valence-electron chi connectivity index (χ1n) is 8.14. The van der Waals surface area contributed by atoms with E-state index in [0.29, 0.717) is 48.2 Å². The Labute approximate surface area is 177 Å². The highest BCUT2D eigenvalue weighted by atomic mass is 127. The van der Waals surface area contributed by atoms with Crippen molar-refractivity contribution >= 4 is 53.1 Å². The normalized spacial score (nSPS) is 12.7. The molecule has 3 N–H and O–H groups in total. The van der Waals surface area contributed by atoms with Crippen LogP contribution in [-0.2, 0) is 11.3 Å². The minimum Gasteiger partial charge on any atom is -0.389 e. The molecule has 1 aromatic rings. The molecule has 1 unspecified atom stereocenters. The molecule has 1 aromatic carbocycles. The van der Waals surface area contributed by atoms with E-state index in [1.54, 1.807) is 12.1 Å². The van der Waals surface area contributed by atoms with Crippen molar-refractivity contribution in [1.82, 2.24) is 10.6 Å². The summed E-state index contributed by atoms with van der Waals surface area (Å²) in [6, 6.07) is 5.34. The predicted molar refractivity (Wildman–Crippen MR) is 116 cm³/mol. The van der Waals surface area contributed by atoms with E-state index in [-0.39, 0.29) is 24.0 Å². The van der Waals surface area contributed by atoms with Crippen LogP contribution >= 0.6 is 47.2 Å². The van der Waals surface area contributed by atoms with Gasteiger partial charge in [0.05, 0.1) is 19.3 Å². The lowest BCUT2D eigenvalue weighted by Gasteiger charge is -2.16. The number of ether oxygens (including phenoxy) is 1. The van der Waals surface area contributed by atoms with Crippen LogP contribution in [-0.4, -0.2) is 43.5 Å². The number of hydrogen-bond donors (Lipinski definition) is 3. The van der Waals surface area contributed by atoms with E-state index >= 15 is 0 Å². The molecule has 0 spiro atoms. The first-order valence-corrected chi connectivity index (χ1v) is 8.89. The molecule has 0 bridgehead atoms. The van der Waals surface area contributed by atoms with Gasteiger partial charge in [0, 0.05) is 29.7 Å². The number of hydrogen-bond acceptors (Lipinski definition) is 3. The van der Waals surface area contributed by atoms with E-state index in [9.17, 15) is 5.11 Å². The van der Waals surface area contributed by atoms with Gasteiger partial charge >= 0.3 is 0 Å². The summed E-state index contributed by atoms with van der Waals surface area (Å²) in [5, 5.41) is 17.4. The van der Waals surface area contributed by atoms with Gasteiger partial charge in [0.25, 0.3) is 0 Å². The zero-order valence-electron chi connectivity index (χ0n) is 14.9. The molecular weight excluding hydrogens is 476 g/mol. The Balaban J connectivity index is 0.00000576. The van der Waals surface area contributed by atoms with Crippen LogP contribution in [0.5, 0.6) is 0 Å². The lowest BCUT2D eigenvalue weighted by molar-refractivity contribution is 0.0280. The maximum atomic E-state index is 9.93. The van der Waals surface area contributed by atoms with Gasteiger partial charge < -0.3 is 20.5 Å². The van der Waals surface area contributed by atoms with Crippen LogP contribution in [0.1, 0.15) is 26.3 Å². The number of aliphatic imine (C=N–C) groups is 1. The quantitative estimate of drug-likeness (QED) is 0.273. The van der Waals surface area contributed by atoms with E-state index in [4.69, 9.17) is 27.9 Å². The van der Waals surface area contributed by atoms with Crippen LogP contribution in [0.25, 0.3) is 0 Å². The monoisotopic (exact) mass is 503 g/mol. The summed E-state index contributed by atoms with van der Waals surface area (Å²) in [4.78, 5) is 4.47. The number of benzene rings is 1. The Kier molecular flexibility index (Phi) is 13.7.